The molecule has 0 saturated carbocycles. The van der Waals surface area contributed by atoms with Crippen LogP contribution < -0.4 is 4.74 Å². The first-order chi connectivity index (χ1) is 10.8. The number of para-hydroxylation sites is 1. The summed E-state index contributed by atoms with van der Waals surface area (Å²) in [5, 5.41) is 13.1. The van der Waals surface area contributed by atoms with Crippen LogP contribution in [0.15, 0.2) is 36.4 Å². The second-order valence-electron chi connectivity index (χ2n) is 5.50. The predicted molar refractivity (Wildman–Crippen MR) is 83.4 cm³/mol. The minimum atomic E-state index is 0.521. The van der Waals surface area contributed by atoms with Gasteiger partial charge >= 0.3 is 0 Å². The van der Waals surface area contributed by atoms with Crippen LogP contribution in [0.1, 0.15) is 24.2 Å². The third-order valence-corrected chi connectivity index (χ3v) is 3.87. The van der Waals surface area contributed by atoms with Crippen molar-refractivity contribution in [1.29, 1.82) is 5.26 Å². The maximum absolute atomic E-state index is 8.89. The topological polar surface area (TPSA) is 54.1 Å². The average molecular weight is 296 g/mol. The summed E-state index contributed by atoms with van der Waals surface area (Å²) in [7, 11) is 0. The molecular weight excluding hydrogens is 276 g/mol. The van der Waals surface area contributed by atoms with E-state index in [1.54, 1.807) is 0 Å². The fourth-order valence-corrected chi connectivity index (χ4v) is 2.71. The van der Waals surface area contributed by atoms with E-state index in [-0.39, 0.29) is 0 Å². The Morgan fingerprint density at radius 3 is 2.86 bits per heavy atom. The number of nitriles is 1. The molecule has 2 aromatic rings. The Morgan fingerprint density at radius 1 is 1.18 bits per heavy atom. The molecule has 22 heavy (non-hydrogen) atoms. The van der Waals surface area contributed by atoms with Gasteiger partial charge in [-0.3, -0.25) is 9.58 Å². The molecule has 1 aliphatic heterocycles. The van der Waals surface area contributed by atoms with E-state index in [9.17, 15) is 0 Å². The Labute approximate surface area is 130 Å². The molecule has 0 fully saturated rings. The molecule has 0 aliphatic carbocycles. The van der Waals surface area contributed by atoms with Gasteiger partial charge in [0.1, 0.15) is 11.8 Å². The van der Waals surface area contributed by atoms with Gasteiger partial charge in [-0.1, -0.05) is 18.2 Å². The zero-order valence-electron chi connectivity index (χ0n) is 12.6. The Balaban J connectivity index is 1.37. The van der Waals surface area contributed by atoms with Crippen molar-refractivity contribution in [3.8, 4) is 11.8 Å². The molecule has 0 unspecified atom stereocenters. The van der Waals surface area contributed by atoms with Crippen molar-refractivity contribution in [2.24, 2.45) is 0 Å². The summed E-state index contributed by atoms with van der Waals surface area (Å²) < 4.78 is 7.65. The molecule has 1 aromatic carbocycles. The highest BCUT2D eigenvalue weighted by atomic mass is 16.5. The standard InChI is InChI=1S/C17H20N4O/c18-13-15-12-16-14-20(9-10-21(16)19-15)8-4-5-11-22-17-6-2-1-3-7-17/h1-3,6-7,12H,4-5,8-11,14H2. The first-order valence-corrected chi connectivity index (χ1v) is 7.72. The summed E-state index contributed by atoms with van der Waals surface area (Å²) in [6.07, 6.45) is 2.17. The van der Waals surface area contributed by atoms with Crippen molar-refractivity contribution in [3.05, 3.63) is 47.8 Å². The highest BCUT2D eigenvalue weighted by Crippen LogP contribution is 2.14. The summed E-state index contributed by atoms with van der Waals surface area (Å²) in [4.78, 5) is 2.42. The van der Waals surface area contributed by atoms with Gasteiger partial charge in [0.2, 0.25) is 0 Å². The average Bonchev–Trinajstić information content (AvgIpc) is 2.98. The van der Waals surface area contributed by atoms with E-state index in [1.165, 1.54) is 0 Å². The highest BCUT2D eigenvalue weighted by molar-refractivity contribution is 5.23. The number of hydrogen-bond donors (Lipinski definition) is 0. The van der Waals surface area contributed by atoms with E-state index in [1.807, 2.05) is 41.1 Å². The second kappa shape index (κ2) is 7.10. The Kier molecular flexibility index (Phi) is 4.71. The zero-order chi connectivity index (χ0) is 15.2. The third-order valence-electron chi connectivity index (χ3n) is 3.87. The van der Waals surface area contributed by atoms with E-state index in [0.717, 1.165) is 57.1 Å². The van der Waals surface area contributed by atoms with Crippen LogP contribution in [0.3, 0.4) is 0 Å². The van der Waals surface area contributed by atoms with Gasteiger partial charge in [-0.25, -0.2) is 0 Å². The predicted octanol–water partition coefficient (Wildman–Crippen LogP) is 2.43. The molecule has 0 N–H and O–H groups in total. The molecule has 0 bridgehead atoms. The van der Waals surface area contributed by atoms with Gasteiger partial charge in [0.15, 0.2) is 5.69 Å². The van der Waals surface area contributed by atoms with Gasteiger partial charge in [0.25, 0.3) is 0 Å². The van der Waals surface area contributed by atoms with Crippen molar-refractivity contribution < 1.29 is 4.74 Å². The first-order valence-electron chi connectivity index (χ1n) is 7.72. The maximum Gasteiger partial charge on any atom is 0.162 e. The number of rotatable bonds is 6. The molecule has 0 atom stereocenters. The van der Waals surface area contributed by atoms with Crippen LogP contribution in [0.4, 0.5) is 0 Å². The molecular formula is C17H20N4O. The van der Waals surface area contributed by atoms with Crippen molar-refractivity contribution in [2.75, 3.05) is 19.7 Å². The number of nitrogens with zero attached hydrogens (tertiary/aromatic N) is 4. The number of hydrogen-bond acceptors (Lipinski definition) is 4. The van der Waals surface area contributed by atoms with Gasteiger partial charge in [0.05, 0.1) is 18.8 Å². The molecule has 114 valence electrons. The smallest absolute Gasteiger partial charge is 0.162 e. The minimum absolute atomic E-state index is 0.521. The fraction of sp³-hybridized carbons (Fsp3) is 0.412. The monoisotopic (exact) mass is 296 g/mol. The summed E-state index contributed by atoms with van der Waals surface area (Å²) in [5.41, 5.74) is 1.66. The number of fused-ring (bicyclic) bond motifs is 1. The molecule has 1 aliphatic rings. The van der Waals surface area contributed by atoms with E-state index < -0.39 is 0 Å². The van der Waals surface area contributed by atoms with E-state index in [4.69, 9.17) is 10.00 Å². The van der Waals surface area contributed by atoms with Crippen LogP contribution in [0, 0.1) is 11.3 Å². The van der Waals surface area contributed by atoms with Gasteiger partial charge in [-0.2, -0.15) is 10.4 Å². The van der Waals surface area contributed by atoms with Crippen LogP contribution in [-0.4, -0.2) is 34.4 Å². The van der Waals surface area contributed by atoms with Crippen molar-refractivity contribution in [1.82, 2.24) is 14.7 Å². The van der Waals surface area contributed by atoms with Gasteiger partial charge < -0.3 is 4.74 Å². The lowest BCUT2D eigenvalue weighted by molar-refractivity contribution is 0.202. The van der Waals surface area contributed by atoms with E-state index in [2.05, 4.69) is 16.1 Å². The molecule has 5 nitrogen and oxygen atoms in total. The normalized spacial score (nSPS) is 14.3. The van der Waals surface area contributed by atoms with Crippen molar-refractivity contribution in [2.45, 2.75) is 25.9 Å². The lowest BCUT2D eigenvalue weighted by atomic mass is 10.2. The number of ether oxygens (including phenoxy) is 1. The van der Waals surface area contributed by atoms with Crippen LogP contribution in [0.2, 0.25) is 0 Å². The Hall–Kier alpha value is -2.32. The minimum Gasteiger partial charge on any atom is -0.494 e. The van der Waals surface area contributed by atoms with Crippen molar-refractivity contribution >= 4 is 0 Å². The molecule has 1 aromatic heterocycles. The number of unbranched alkanes of at least 4 members (excludes halogenated alkanes) is 1. The summed E-state index contributed by atoms with van der Waals surface area (Å²) >= 11 is 0. The largest absolute Gasteiger partial charge is 0.494 e. The maximum atomic E-state index is 8.89. The van der Waals surface area contributed by atoms with Crippen LogP contribution in [0.25, 0.3) is 0 Å². The quantitative estimate of drug-likeness (QED) is 0.768. The molecule has 3 rings (SSSR count). The molecule has 0 amide bonds. The highest BCUT2D eigenvalue weighted by Gasteiger charge is 2.17. The number of benzene rings is 1. The van der Waals surface area contributed by atoms with Gasteiger partial charge in [0, 0.05) is 13.1 Å². The Bertz CT molecular complexity index is 644. The molecule has 2 heterocycles. The van der Waals surface area contributed by atoms with Gasteiger partial charge in [-0.15, -0.1) is 0 Å². The lowest BCUT2D eigenvalue weighted by Crippen LogP contribution is -2.34. The van der Waals surface area contributed by atoms with Gasteiger partial charge in [-0.05, 0) is 37.6 Å². The van der Waals surface area contributed by atoms with Crippen LogP contribution in [-0.2, 0) is 13.1 Å². The summed E-state index contributed by atoms with van der Waals surface area (Å²) in [5.74, 6) is 0.938. The van der Waals surface area contributed by atoms with Crippen molar-refractivity contribution in [3.63, 3.8) is 0 Å². The van der Waals surface area contributed by atoms with Crippen LogP contribution in [0.5, 0.6) is 5.75 Å². The summed E-state index contributed by atoms with van der Waals surface area (Å²) in [6.45, 7) is 4.57. The third kappa shape index (κ3) is 3.66. The SMILES string of the molecule is N#Cc1cc2n(n1)CCN(CCCCOc1ccccc1)C2. The Morgan fingerprint density at radius 2 is 2.05 bits per heavy atom. The lowest BCUT2D eigenvalue weighted by Gasteiger charge is -2.27. The van der Waals surface area contributed by atoms with E-state index in [0.29, 0.717) is 5.69 Å². The molecule has 0 saturated heterocycles. The summed E-state index contributed by atoms with van der Waals surface area (Å²) in [6, 6.07) is 13.9. The fourth-order valence-electron chi connectivity index (χ4n) is 2.71. The van der Waals surface area contributed by atoms with E-state index >= 15 is 0 Å². The van der Waals surface area contributed by atoms with Crippen LogP contribution >= 0.6 is 0 Å². The molecule has 5 heteroatoms. The molecule has 0 radical (unpaired) electrons. The first kappa shape index (κ1) is 14.6. The zero-order valence-corrected chi connectivity index (χ0v) is 12.6. The second-order valence-corrected chi connectivity index (χ2v) is 5.50. The number of aromatic nitrogens is 2. The molecule has 0 spiro atoms.